The summed E-state index contributed by atoms with van der Waals surface area (Å²) in [5.41, 5.74) is 14.7. The maximum atomic E-state index is 12.0. The molecule has 0 aliphatic rings. The summed E-state index contributed by atoms with van der Waals surface area (Å²) in [5.74, 6) is -0.308. The van der Waals surface area contributed by atoms with Gasteiger partial charge in [0.2, 0.25) is 11.8 Å². The summed E-state index contributed by atoms with van der Waals surface area (Å²) in [6, 6.07) is 12.9. The van der Waals surface area contributed by atoms with Crippen molar-refractivity contribution in [1.82, 2.24) is 0 Å². The van der Waals surface area contributed by atoms with E-state index in [1.165, 1.54) is 0 Å². The second kappa shape index (κ2) is 9.62. The number of nitrogens with one attached hydrogen (secondary N) is 1. The van der Waals surface area contributed by atoms with Crippen molar-refractivity contribution in [3.05, 3.63) is 53.6 Å². The van der Waals surface area contributed by atoms with Crippen molar-refractivity contribution in [2.45, 2.75) is 38.5 Å². The van der Waals surface area contributed by atoms with Gasteiger partial charge in [-0.2, -0.15) is 0 Å². The van der Waals surface area contributed by atoms with Gasteiger partial charge in [-0.1, -0.05) is 30.2 Å². The van der Waals surface area contributed by atoms with E-state index in [4.69, 9.17) is 16.2 Å². The van der Waals surface area contributed by atoms with Crippen LogP contribution in [0.2, 0.25) is 0 Å². The fourth-order valence-corrected chi connectivity index (χ4v) is 2.94. The van der Waals surface area contributed by atoms with Gasteiger partial charge in [0.05, 0.1) is 13.0 Å². The maximum absolute atomic E-state index is 12.0. The first-order valence-electron chi connectivity index (χ1n) is 9.00. The lowest BCUT2D eigenvalue weighted by Crippen LogP contribution is -2.22. The van der Waals surface area contributed by atoms with Gasteiger partial charge in [0.15, 0.2) is 0 Å². The second-order valence-corrected chi connectivity index (χ2v) is 6.61. The van der Waals surface area contributed by atoms with Crippen LogP contribution in [-0.2, 0) is 9.59 Å². The number of nitrogen functional groups attached to an aromatic ring is 1. The number of anilines is 2. The highest BCUT2D eigenvalue weighted by Crippen LogP contribution is 2.30. The number of aryl methyl sites for hydroxylation is 1. The van der Waals surface area contributed by atoms with Gasteiger partial charge in [-0.25, -0.2) is 0 Å². The molecule has 2 aromatic carbocycles. The molecular formula is C21H27N3O3. The molecule has 1 atom stereocenters. The van der Waals surface area contributed by atoms with E-state index in [0.29, 0.717) is 42.7 Å². The average Bonchev–Trinajstić information content (AvgIpc) is 2.64. The van der Waals surface area contributed by atoms with Gasteiger partial charge in [0, 0.05) is 23.9 Å². The first-order chi connectivity index (χ1) is 12.9. The highest BCUT2D eigenvalue weighted by Gasteiger charge is 2.20. The van der Waals surface area contributed by atoms with Crippen LogP contribution in [0.25, 0.3) is 0 Å². The zero-order chi connectivity index (χ0) is 19.8. The zero-order valence-corrected chi connectivity index (χ0v) is 15.8. The van der Waals surface area contributed by atoms with Gasteiger partial charge in [-0.3, -0.25) is 9.59 Å². The molecule has 0 saturated carbocycles. The molecule has 0 saturated heterocycles. The third-order valence-electron chi connectivity index (χ3n) is 4.49. The Labute approximate surface area is 159 Å². The van der Waals surface area contributed by atoms with E-state index in [-0.39, 0.29) is 5.91 Å². The number of methoxy groups -OCH3 is 1. The van der Waals surface area contributed by atoms with Crippen LogP contribution in [-0.4, -0.2) is 18.9 Å². The van der Waals surface area contributed by atoms with Crippen LogP contribution < -0.4 is 21.5 Å². The van der Waals surface area contributed by atoms with E-state index in [2.05, 4.69) is 5.32 Å². The topological polar surface area (TPSA) is 107 Å². The Morgan fingerprint density at radius 3 is 2.41 bits per heavy atom. The fourth-order valence-electron chi connectivity index (χ4n) is 2.94. The molecule has 2 amide bonds. The lowest BCUT2D eigenvalue weighted by molar-refractivity contribution is -0.119. The molecule has 144 valence electrons. The molecule has 0 fully saturated rings. The minimum atomic E-state index is -0.476. The number of nitrogens with two attached hydrogens (primary N) is 2. The Bertz CT molecular complexity index is 788. The maximum Gasteiger partial charge on any atom is 0.225 e. The van der Waals surface area contributed by atoms with E-state index in [1.54, 1.807) is 25.3 Å². The summed E-state index contributed by atoms with van der Waals surface area (Å²) in [5, 5.41) is 2.87. The van der Waals surface area contributed by atoms with Crippen molar-refractivity contribution < 1.29 is 14.3 Å². The summed E-state index contributed by atoms with van der Waals surface area (Å²) in [4.78, 5) is 23.9. The number of ether oxygens (including phenoxy) is 1. The smallest absolute Gasteiger partial charge is 0.225 e. The average molecular weight is 369 g/mol. The van der Waals surface area contributed by atoms with Crippen LogP contribution in [0.5, 0.6) is 5.75 Å². The van der Waals surface area contributed by atoms with E-state index in [0.717, 1.165) is 11.3 Å². The summed E-state index contributed by atoms with van der Waals surface area (Å²) in [7, 11) is 1.56. The number of carbonyl (C=O) groups is 2. The molecule has 0 aliphatic heterocycles. The summed E-state index contributed by atoms with van der Waals surface area (Å²) in [6.07, 6.45) is 2.29. The first-order valence-corrected chi connectivity index (χ1v) is 9.00. The minimum absolute atomic E-state index is 0.0431. The van der Waals surface area contributed by atoms with Crippen LogP contribution in [0.3, 0.4) is 0 Å². The number of hydrogen-bond donors (Lipinski definition) is 3. The third kappa shape index (κ3) is 6.02. The number of rotatable bonds is 9. The van der Waals surface area contributed by atoms with Crippen LogP contribution >= 0.6 is 0 Å². The van der Waals surface area contributed by atoms with Gasteiger partial charge >= 0.3 is 0 Å². The highest BCUT2D eigenvalue weighted by atomic mass is 16.5. The molecule has 0 aromatic heterocycles. The number of carbonyl (C=O) groups excluding carboxylic acids is 2. The third-order valence-corrected chi connectivity index (χ3v) is 4.49. The van der Waals surface area contributed by atoms with Crippen molar-refractivity contribution in [3.8, 4) is 5.75 Å². The van der Waals surface area contributed by atoms with Crippen LogP contribution in [0.15, 0.2) is 42.5 Å². The molecule has 6 heteroatoms. The van der Waals surface area contributed by atoms with Crippen molar-refractivity contribution in [1.29, 1.82) is 0 Å². The Balaban J connectivity index is 1.85. The van der Waals surface area contributed by atoms with Gasteiger partial charge in [-0.15, -0.1) is 0 Å². The highest BCUT2D eigenvalue weighted by molar-refractivity contribution is 5.90. The molecule has 6 nitrogen and oxygen atoms in total. The fraction of sp³-hybridized carbons (Fsp3) is 0.333. The van der Waals surface area contributed by atoms with Gasteiger partial charge in [-0.05, 0) is 43.5 Å². The zero-order valence-electron chi connectivity index (χ0n) is 15.8. The molecule has 0 radical (unpaired) electrons. The summed E-state index contributed by atoms with van der Waals surface area (Å²) in [6.45, 7) is 2.00. The van der Waals surface area contributed by atoms with Crippen molar-refractivity contribution in [3.63, 3.8) is 0 Å². The number of hydrogen-bond acceptors (Lipinski definition) is 4. The van der Waals surface area contributed by atoms with E-state index >= 15 is 0 Å². The molecule has 0 bridgehead atoms. The normalized spacial score (nSPS) is 11.6. The monoisotopic (exact) mass is 369 g/mol. The van der Waals surface area contributed by atoms with Crippen molar-refractivity contribution in [2.24, 2.45) is 5.73 Å². The molecule has 27 heavy (non-hydrogen) atoms. The van der Waals surface area contributed by atoms with Crippen LogP contribution in [0, 0.1) is 6.92 Å². The second-order valence-electron chi connectivity index (χ2n) is 6.61. The van der Waals surface area contributed by atoms with Gasteiger partial charge in [0.25, 0.3) is 0 Å². The minimum Gasteiger partial charge on any atom is -0.497 e. The molecular weight excluding hydrogens is 342 g/mol. The SMILES string of the molecule is COc1ccc(C(CCCCC(=O)Nc2ccc(C)cc2)C(N)=O)c(N)c1. The molecule has 2 rings (SSSR count). The lowest BCUT2D eigenvalue weighted by Gasteiger charge is -2.16. The van der Waals surface area contributed by atoms with E-state index in [1.807, 2.05) is 31.2 Å². The van der Waals surface area contributed by atoms with Crippen LogP contribution in [0.4, 0.5) is 11.4 Å². The molecule has 5 N–H and O–H groups in total. The molecule has 1 unspecified atom stereocenters. The number of benzene rings is 2. The Hall–Kier alpha value is -3.02. The van der Waals surface area contributed by atoms with Gasteiger partial charge in [0.1, 0.15) is 5.75 Å². The predicted octanol–water partition coefficient (Wildman–Crippen LogP) is 3.35. The summed E-state index contributed by atoms with van der Waals surface area (Å²) < 4.78 is 5.13. The number of unbranched alkanes of at least 4 members (excludes halogenated alkanes) is 1. The Morgan fingerprint density at radius 2 is 1.81 bits per heavy atom. The number of primary amides is 1. The Morgan fingerprint density at radius 1 is 1.11 bits per heavy atom. The van der Waals surface area contributed by atoms with Crippen molar-refractivity contribution >= 4 is 23.2 Å². The summed E-state index contributed by atoms with van der Waals surface area (Å²) >= 11 is 0. The first kappa shape index (κ1) is 20.3. The molecule has 0 aliphatic carbocycles. The molecule has 2 aromatic rings. The van der Waals surface area contributed by atoms with Crippen LogP contribution in [0.1, 0.15) is 42.7 Å². The standard InChI is InChI=1S/C21H27N3O3/c1-14-7-9-15(10-8-14)24-20(25)6-4-3-5-18(21(23)26)17-12-11-16(27-2)13-19(17)22/h7-13,18H,3-6,22H2,1-2H3,(H2,23,26)(H,24,25). The van der Waals surface area contributed by atoms with E-state index < -0.39 is 11.8 Å². The quantitative estimate of drug-likeness (QED) is 0.465. The van der Waals surface area contributed by atoms with Gasteiger partial charge < -0.3 is 21.5 Å². The van der Waals surface area contributed by atoms with E-state index in [9.17, 15) is 9.59 Å². The largest absolute Gasteiger partial charge is 0.497 e. The lowest BCUT2D eigenvalue weighted by atomic mass is 9.91. The molecule has 0 spiro atoms. The Kier molecular flexibility index (Phi) is 7.23. The predicted molar refractivity (Wildman–Crippen MR) is 108 cm³/mol. The number of amides is 2. The van der Waals surface area contributed by atoms with Crippen molar-refractivity contribution in [2.75, 3.05) is 18.2 Å². The molecule has 0 heterocycles.